The summed E-state index contributed by atoms with van der Waals surface area (Å²) in [5.74, 6) is 1.69. The molecule has 3 aliphatic rings. The van der Waals surface area contributed by atoms with E-state index in [2.05, 4.69) is 36.6 Å². The largest absolute Gasteiger partial charge is 0.336 e. The van der Waals surface area contributed by atoms with Crippen molar-refractivity contribution in [1.29, 1.82) is 0 Å². The molecule has 0 aromatic carbocycles. The van der Waals surface area contributed by atoms with Crippen molar-refractivity contribution in [3.8, 4) is 0 Å². The van der Waals surface area contributed by atoms with Gasteiger partial charge in [-0.25, -0.2) is 15.0 Å². The standard InChI is InChI=1S/C23H26N6OS/c30-21-18-14-28(22-24-6-1-7-25-22)8-2-19(18)26-20-12-23(16-29(20)21)4-9-27(10-5-23)13-17-3-11-31-15-17/h1,3,6-7,11,15H,2,4-5,8-10,12-14,16H2. The second-order valence-corrected chi connectivity index (χ2v) is 9.93. The predicted octanol–water partition coefficient (Wildman–Crippen LogP) is 2.50. The van der Waals surface area contributed by atoms with Gasteiger partial charge in [-0.15, -0.1) is 0 Å². The quantitative estimate of drug-likeness (QED) is 0.631. The van der Waals surface area contributed by atoms with E-state index in [0.29, 0.717) is 12.5 Å². The zero-order valence-corrected chi connectivity index (χ0v) is 18.4. The van der Waals surface area contributed by atoms with Gasteiger partial charge in [0, 0.05) is 44.9 Å². The highest BCUT2D eigenvalue weighted by atomic mass is 32.1. The number of hydrogen-bond donors (Lipinski definition) is 0. The Balaban J connectivity index is 1.20. The number of hydrogen-bond acceptors (Lipinski definition) is 7. The molecule has 0 N–H and O–H groups in total. The molecule has 1 fully saturated rings. The second-order valence-electron chi connectivity index (χ2n) is 9.15. The molecule has 0 bridgehead atoms. The van der Waals surface area contributed by atoms with Gasteiger partial charge in [0.25, 0.3) is 5.56 Å². The lowest BCUT2D eigenvalue weighted by atomic mass is 9.77. The molecule has 0 saturated carbocycles. The molecule has 0 atom stereocenters. The highest BCUT2D eigenvalue weighted by molar-refractivity contribution is 7.07. The van der Waals surface area contributed by atoms with Crippen LogP contribution in [0.5, 0.6) is 0 Å². The van der Waals surface area contributed by atoms with Gasteiger partial charge in [-0.05, 0) is 59.8 Å². The number of piperidine rings is 1. The summed E-state index contributed by atoms with van der Waals surface area (Å²) in [5.41, 5.74) is 3.56. The Morgan fingerprint density at radius 2 is 1.97 bits per heavy atom. The van der Waals surface area contributed by atoms with Crippen molar-refractivity contribution in [2.45, 2.75) is 45.3 Å². The molecule has 0 unspecified atom stereocenters. The van der Waals surface area contributed by atoms with Crippen LogP contribution in [-0.2, 0) is 32.5 Å². The van der Waals surface area contributed by atoms with Crippen molar-refractivity contribution in [3.05, 3.63) is 68.3 Å². The summed E-state index contributed by atoms with van der Waals surface area (Å²) in [4.78, 5) is 31.8. The topological polar surface area (TPSA) is 67.2 Å². The fourth-order valence-electron chi connectivity index (χ4n) is 5.37. The van der Waals surface area contributed by atoms with E-state index in [9.17, 15) is 4.79 Å². The lowest BCUT2D eigenvalue weighted by Crippen LogP contribution is -2.41. The molecule has 0 aliphatic carbocycles. The molecule has 31 heavy (non-hydrogen) atoms. The lowest BCUT2D eigenvalue weighted by molar-refractivity contribution is 0.0979. The molecule has 6 heterocycles. The molecule has 1 spiro atoms. The molecule has 3 aromatic rings. The Labute approximate surface area is 185 Å². The number of nitrogens with zero attached hydrogens (tertiary/aromatic N) is 6. The van der Waals surface area contributed by atoms with Gasteiger partial charge in [0.2, 0.25) is 5.95 Å². The van der Waals surface area contributed by atoms with Crippen LogP contribution in [0.3, 0.4) is 0 Å². The average Bonchev–Trinajstić information content (AvgIpc) is 3.44. The first-order valence-electron chi connectivity index (χ1n) is 11.1. The van der Waals surface area contributed by atoms with Gasteiger partial charge < -0.3 is 4.90 Å². The van der Waals surface area contributed by atoms with Crippen LogP contribution in [0.1, 0.15) is 35.5 Å². The van der Waals surface area contributed by atoms with Crippen LogP contribution in [0.4, 0.5) is 5.95 Å². The van der Waals surface area contributed by atoms with Crippen molar-refractivity contribution < 1.29 is 0 Å². The van der Waals surface area contributed by atoms with Crippen LogP contribution in [0.15, 0.2) is 40.1 Å². The van der Waals surface area contributed by atoms with E-state index in [0.717, 1.165) is 75.5 Å². The number of fused-ring (bicyclic) bond motifs is 2. The maximum Gasteiger partial charge on any atom is 0.258 e. The summed E-state index contributed by atoms with van der Waals surface area (Å²) >= 11 is 1.77. The Kier molecular flexibility index (Phi) is 4.65. The number of anilines is 1. The second kappa shape index (κ2) is 7.53. The Hall–Kier alpha value is -2.58. The Morgan fingerprint density at radius 3 is 2.74 bits per heavy atom. The molecule has 1 saturated heterocycles. The summed E-state index contributed by atoms with van der Waals surface area (Å²) in [7, 11) is 0. The van der Waals surface area contributed by atoms with Crippen LogP contribution < -0.4 is 10.5 Å². The molecule has 0 radical (unpaired) electrons. The first kappa shape index (κ1) is 19.1. The zero-order valence-electron chi connectivity index (χ0n) is 17.5. The van der Waals surface area contributed by atoms with Crippen molar-refractivity contribution in [2.24, 2.45) is 5.41 Å². The molecular formula is C23H26N6OS. The average molecular weight is 435 g/mol. The van der Waals surface area contributed by atoms with Gasteiger partial charge in [0.05, 0.1) is 17.8 Å². The summed E-state index contributed by atoms with van der Waals surface area (Å²) in [6, 6.07) is 4.04. The number of aromatic nitrogens is 4. The van der Waals surface area contributed by atoms with Crippen molar-refractivity contribution in [2.75, 3.05) is 24.5 Å². The highest BCUT2D eigenvalue weighted by Crippen LogP contribution is 2.41. The maximum absolute atomic E-state index is 13.4. The van der Waals surface area contributed by atoms with Crippen LogP contribution in [0.25, 0.3) is 0 Å². The summed E-state index contributed by atoms with van der Waals surface area (Å²) < 4.78 is 1.97. The molecule has 6 rings (SSSR count). The van der Waals surface area contributed by atoms with Crippen molar-refractivity contribution >= 4 is 17.3 Å². The summed E-state index contributed by atoms with van der Waals surface area (Å²) in [6.45, 7) is 5.39. The minimum Gasteiger partial charge on any atom is -0.336 e. The first-order chi connectivity index (χ1) is 15.2. The minimum atomic E-state index is 0.151. The van der Waals surface area contributed by atoms with E-state index in [4.69, 9.17) is 4.98 Å². The van der Waals surface area contributed by atoms with E-state index in [1.807, 2.05) is 10.6 Å². The molecular weight excluding hydrogens is 408 g/mol. The number of rotatable bonds is 3. The van der Waals surface area contributed by atoms with Crippen molar-refractivity contribution in [1.82, 2.24) is 24.4 Å². The molecule has 3 aromatic heterocycles. The first-order valence-corrected chi connectivity index (χ1v) is 12.0. The van der Waals surface area contributed by atoms with Gasteiger partial charge in [-0.1, -0.05) is 0 Å². The Bertz CT molecular complexity index is 1130. The Morgan fingerprint density at radius 1 is 1.13 bits per heavy atom. The lowest BCUT2D eigenvalue weighted by Gasteiger charge is -2.38. The monoisotopic (exact) mass is 434 g/mol. The van der Waals surface area contributed by atoms with Crippen LogP contribution >= 0.6 is 11.3 Å². The number of likely N-dealkylation sites (tertiary alicyclic amines) is 1. The predicted molar refractivity (Wildman–Crippen MR) is 120 cm³/mol. The van der Waals surface area contributed by atoms with Crippen LogP contribution in [-0.4, -0.2) is 44.1 Å². The molecule has 3 aliphatic heterocycles. The summed E-state index contributed by atoms with van der Waals surface area (Å²) in [6.07, 6.45) is 7.48. The SMILES string of the molecule is O=c1c2c(nc3n1CC1(CCN(Cc4ccsc4)CC1)C3)CCN(c1ncccn1)C2. The number of thiophene rings is 1. The zero-order chi connectivity index (χ0) is 20.8. The van der Waals surface area contributed by atoms with E-state index in [-0.39, 0.29) is 11.0 Å². The fourth-order valence-corrected chi connectivity index (χ4v) is 6.03. The third-order valence-electron chi connectivity index (χ3n) is 7.16. The minimum absolute atomic E-state index is 0.151. The molecule has 160 valence electrons. The highest BCUT2D eigenvalue weighted by Gasteiger charge is 2.42. The van der Waals surface area contributed by atoms with E-state index in [1.165, 1.54) is 5.56 Å². The summed E-state index contributed by atoms with van der Waals surface area (Å²) in [5, 5.41) is 4.40. The van der Waals surface area contributed by atoms with Crippen LogP contribution in [0.2, 0.25) is 0 Å². The smallest absolute Gasteiger partial charge is 0.258 e. The van der Waals surface area contributed by atoms with Gasteiger partial charge in [-0.2, -0.15) is 11.3 Å². The third kappa shape index (κ3) is 3.47. The van der Waals surface area contributed by atoms with Crippen LogP contribution in [0, 0.1) is 5.41 Å². The molecule has 8 heteroatoms. The third-order valence-corrected chi connectivity index (χ3v) is 7.89. The van der Waals surface area contributed by atoms with E-state index in [1.54, 1.807) is 23.7 Å². The fraction of sp³-hybridized carbons (Fsp3) is 0.478. The maximum atomic E-state index is 13.4. The van der Waals surface area contributed by atoms with E-state index < -0.39 is 0 Å². The van der Waals surface area contributed by atoms with Crippen molar-refractivity contribution in [3.63, 3.8) is 0 Å². The molecule has 0 amide bonds. The normalized spacial score (nSPS) is 20.1. The van der Waals surface area contributed by atoms with Gasteiger partial charge in [-0.3, -0.25) is 14.3 Å². The van der Waals surface area contributed by atoms with Gasteiger partial charge in [0.15, 0.2) is 0 Å². The van der Waals surface area contributed by atoms with Gasteiger partial charge in [0.1, 0.15) is 5.82 Å². The van der Waals surface area contributed by atoms with E-state index >= 15 is 0 Å². The molecule has 7 nitrogen and oxygen atoms in total. The van der Waals surface area contributed by atoms with Gasteiger partial charge >= 0.3 is 0 Å².